The molecule has 3 atom stereocenters. The molecule has 2 unspecified atom stereocenters. The number of nitrogens with two attached hydrogens (primary N) is 1. The van der Waals surface area contributed by atoms with Crippen LogP contribution in [0.3, 0.4) is 0 Å². The minimum absolute atomic E-state index is 0.0499. The number of ether oxygens (including phenoxy) is 1. The van der Waals surface area contributed by atoms with Crippen LogP contribution in [-0.2, 0) is 23.9 Å². The number of nitrogens with zero attached hydrogens (tertiary/aromatic N) is 1. The van der Waals surface area contributed by atoms with Crippen molar-refractivity contribution in [1.82, 2.24) is 10.2 Å². The average molecular weight is 484 g/mol. The normalized spacial score (nSPS) is 21.7. The minimum atomic E-state index is -1.40. The Morgan fingerprint density at radius 3 is 2.66 bits per heavy atom. The molecule has 29 heavy (non-hydrogen) atoms. The number of esters is 1. The summed E-state index contributed by atoms with van der Waals surface area (Å²) in [4.78, 5) is 49.9. The standard InChI is InChI=1S/C18H18BrN3O6S/c19-6-7-28-18(27)10-8-29-16-12(15(24)22(16)13(10)17(25)26)21-14(23)11(20)9-4-2-1-3-5-9/h1-5,11-12,16H,6-8,20H2,(H,21,23)(H,25,26)/t11?,12?,16-/m0/s1. The summed E-state index contributed by atoms with van der Waals surface area (Å²) in [5.74, 6) is -3.29. The number of thioether (sulfide) groups is 1. The molecule has 9 nitrogen and oxygen atoms in total. The number of rotatable bonds is 7. The van der Waals surface area contributed by atoms with Crippen molar-refractivity contribution in [2.75, 3.05) is 17.7 Å². The average Bonchev–Trinajstić information content (AvgIpc) is 2.74. The molecule has 3 rings (SSSR count). The van der Waals surface area contributed by atoms with Crippen molar-refractivity contribution in [3.05, 3.63) is 47.2 Å². The molecule has 0 spiro atoms. The van der Waals surface area contributed by atoms with Gasteiger partial charge in [-0.05, 0) is 5.56 Å². The largest absolute Gasteiger partial charge is 0.477 e. The number of hydrogen-bond donors (Lipinski definition) is 3. The maximum Gasteiger partial charge on any atom is 0.353 e. The Morgan fingerprint density at radius 2 is 2.03 bits per heavy atom. The topological polar surface area (TPSA) is 139 Å². The first-order valence-corrected chi connectivity index (χ1v) is 10.8. The van der Waals surface area contributed by atoms with Gasteiger partial charge in [-0.1, -0.05) is 46.3 Å². The number of benzene rings is 1. The van der Waals surface area contributed by atoms with Crippen LogP contribution < -0.4 is 11.1 Å². The molecule has 0 aromatic heterocycles. The van der Waals surface area contributed by atoms with E-state index in [9.17, 15) is 24.3 Å². The second kappa shape index (κ2) is 8.97. The van der Waals surface area contributed by atoms with Gasteiger partial charge in [-0.15, -0.1) is 11.8 Å². The summed E-state index contributed by atoms with van der Waals surface area (Å²) in [7, 11) is 0. The predicted octanol–water partition coefficient (Wildman–Crippen LogP) is 0.363. The lowest BCUT2D eigenvalue weighted by Gasteiger charge is -2.49. The van der Waals surface area contributed by atoms with E-state index in [1.54, 1.807) is 30.3 Å². The first-order chi connectivity index (χ1) is 13.9. The van der Waals surface area contributed by atoms with Gasteiger partial charge in [0, 0.05) is 11.1 Å². The molecule has 0 bridgehead atoms. The van der Waals surface area contributed by atoms with E-state index in [0.29, 0.717) is 10.9 Å². The highest BCUT2D eigenvalue weighted by atomic mass is 79.9. The van der Waals surface area contributed by atoms with Crippen molar-refractivity contribution < 1.29 is 29.0 Å². The minimum Gasteiger partial charge on any atom is -0.477 e. The van der Waals surface area contributed by atoms with Gasteiger partial charge in [0.2, 0.25) is 5.91 Å². The fraction of sp³-hybridized carbons (Fsp3) is 0.333. The van der Waals surface area contributed by atoms with Crippen LogP contribution >= 0.6 is 27.7 Å². The molecule has 2 aliphatic heterocycles. The first kappa shape index (κ1) is 21.3. The number of β-lactam (4-membered cyclic amide) rings is 1. The third kappa shape index (κ3) is 4.16. The second-order valence-electron chi connectivity index (χ2n) is 6.24. The summed E-state index contributed by atoms with van der Waals surface area (Å²) in [6.07, 6.45) is 0. The number of carbonyl (C=O) groups is 4. The lowest BCUT2D eigenvalue weighted by Crippen LogP contribution is -2.71. The van der Waals surface area contributed by atoms with Crippen LogP contribution in [0.25, 0.3) is 0 Å². The molecule has 2 aliphatic rings. The van der Waals surface area contributed by atoms with Gasteiger partial charge in [-0.2, -0.15) is 0 Å². The van der Waals surface area contributed by atoms with E-state index < -0.39 is 46.9 Å². The fourth-order valence-corrected chi connectivity index (χ4v) is 4.54. The highest BCUT2D eigenvalue weighted by Gasteiger charge is 2.55. The molecule has 2 heterocycles. The summed E-state index contributed by atoms with van der Waals surface area (Å²) >= 11 is 4.30. The molecular formula is C18H18BrN3O6S. The van der Waals surface area contributed by atoms with Gasteiger partial charge >= 0.3 is 11.9 Å². The molecule has 0 saturated carbocycles. The molecule has 1 saturated heterocycles. The Kier molecular flexibility index (Phi) is 6.60. The third-order valence-electron chi connectivity index (χ3n) is 4.47. The first-order valence-electron chi connectivity index (χ1n) is 8.62. The van der Waals surface area contributed by atoms with E-state index in [4.69, 9.17) is 10.5 Å². The zero-order chi connectivity index (χ0) is 21.1. The lowest BCUT2D eigenvalue weighted by atomic mass is 10.0. The van der Waals surface area contributed by atoms with Crippen LogP contribution in [0.15, 0.2) is 41.6 Å². The van der Waals surface area contributed by atoms with Crippen LogP contribution in [0, 0.1) is 0 Å². The molecular weight excluding hydrogens is 466 g/mol. The highest BCUT2D eigenvalue weighted by Crippen LogP contribution is 2.40. The maximum atomic E-state index is 12.6. The number of hydrogen-bond acceptors (Lipinski definition) is 7. The molecule has 0 radical (unpaired) electrons. The quantitative estimate of drug-likeness (QED) is 0.287. The lowest BCUT2D eigenvalue weighted by molar-refractivity contribution is -0.151. The number of aliphatic carboxylic acids is 1. The smallest absolute Gasteiger partial charge is 0.353 e. The van der Waals surface area contributed by atoms with E-state index in [1.165, 1.54) is 11.8 Å². The Labute approximate surface area is 178 Å². The second-order valence-corrected chi connectivity index (χ2v) is 8.14. The molecule has 154 valence electrons. The van der Waals surface area contributed by atoms with E-state index in [1.807, 2.05) is 0 Å². The molecule has 1 aromatic rings. The van der Waals surface area contributed by atoms with E-state index >= 15 is 0 Å². The van der Waals surface area contributed by atoms with Gasteiger partial charge in [0.15, 0.2) is 0 Å². The Balaban J connectivity index is 1.74. The maximum absolute atomic E-state index is 12.6. The van der Waals surface area contributed by atoms with Gasteiger partial charge < -0.3 is 20.9 Å². The number of amides is 2. The van der Waals surface area contributed by atoms with Crippen molar-refractivity contribution in [2.24, 2.45) is 5.73 Å². The molecule has 1 aromatic carbocycles. The number of fused-ring (bicyclic) bond motifs is 1. The molecule has 0 aliphatic carbocycles. The summed E-state index contributed by atoms with van der Waals surface area (Å²) in [5.41, 5.74) is 6.05. The monoisotopic (exact) mass is 483 g/mol. The number of carbonyl (C=O) groups excluding carboxylic acids is 3. The van der Waals surface area contributed by atoms with Gasteiger partial charge in [0.1, 0.15) is 29.8 Å². The Hall–Kier alpha value is -2.37. The summed E-state index contributed by atoms with van der Waals surface area (Å²) < 4.78 is 4.98. The third-order valence-corrected chi connectivity index (χ3v) is 6.07. The molecule has 1 fully saturated rings. The Morgan fingerprint density at radius 1 is 1.34 bits per heavy atom. The number of carboxylic acids is 1. The molecule has 4 N–H and O–H groups in total. The van der Waals surface area contributed by atoms with Crippen LogP contribution in [-0.4, -0.2) is 62.9 Å². The SMILES string of the molecule is NC(C(=O)NC1C(=O)N2C(C(=O)O)=C(C(=O)OCCBr)CS[C@@H]12)c1ccccc1. The van der Waals surface area contributed by atoms with Crippen molar-refractivity contribution >= 4 is 51.4 Å². The highest BCUT2D eigenvalue weighted by molar-refractivity contribution is 9.09. The summed E-state index contributed by atoms with van der Waals surface area (Å²) in [6, 6.07) is 6.80. The number of halogens is 1. The van der Waals surface area contributed by atoms with Gasteiger partial charge in [0.25, 0.3) is 5.91 Å². The fourth-order valence-electron chi connectivity index (χ4n) is 3.05. The van der Waals surface area contributed by atoms with Crippen molar-refractivity contribution in [3.63, 3.8) is 0 Å². The molecule has 2 amide bonds. The van der Waals surface area contributed by atoms with Crippen molar-refractivity contribution in [1.29, 1.82) is 0 Å². The molecule has 11 heteroatoms. The van der Waals surface area contributed by atoms with Gasteiger partial charge in [-0.25, -0.2) is 9.59 Å². The van der Waals surface area contributed by atoms with Crippen molar-refractivity contribution in [2.45, 2.75) is 17.5 Å². The number of alkyl halides is 1. The summed E-state index contributed by atoms with van der Waals surface area (Å²) in [5, 5.41) is 11.9. The predicted molar refractivity (Wildman–Crippen MR) is 108 cm³/mol. The van der Waals surface area contributed by atoms with Crippen LogP contribution in [0.1, 0.15) is 11.6 Å². The van der Waals surface area contributed by atoms with Crippen LogP contribution in [0.2, 0.25) is 0 Å². The number of carboxylic acid groups (broad SMARTS) is 1. The van der Waals surface area contributed by atoms with E-state index in [2.05, 4.69) is 21.2 Å². The Bertz CT molecular complexity index is 878. The van der Waals surface area contributed by atoms with E-state index in [0.717, 1.165) is 4.90 Å². The number of nitrogens with one attached hydrogen (secondary N) is 1. The zero-order valence-electron chi connectivity index (χ0n) is 15.0. The van der Waals surface area contributed by atoms with Gasteiger partial charge in [0.05, 0.1) is 5.57 Å². The van der Waals surface area contributed by atoms with Crippen LogP contribution in [0.4, 0.5) is 0 Å². The van der Waals surface area contributed by atoms with Crippen LogP contribution in [0.5, 0.6) is 0 Å². The van der Waals surface area contributed by atoms with Gasteiger partial charge in [-0.3, -0.25) is 14.5 Å². The van der Waals surface area contributed by atoms with Crippen molar-refractivity contribution in [3.8, 4) is 0 Å². The zero-order valence-corrected chi connectivity index (χ0v) is 17.4. The summed E-state index contributed by atoms with van der Waals surface area (Å²) in [6.45, 7) is 0.0767. The van der Waals surface area contributed by atoms with E-state index in [-0.39, 0.29) is 17.9 Å².